The van der Waals surface area contributed by atoms with E-state index in [9.17, 15) is 19.8 Å². The van der Waals surface area contributed by atoms with Gasteiger partial charge >= 0.3 is 0 Å². The van der Waals surface area contributed by atoms with Crippen LogP contribution in [-0.4, -0.2) is 21.8 Å². The molecule has 0 radical (unpaired) electrons. The number of hydrogen-bond donors (Lipinski definition) is 2. The summed E-state index contributed by atoms with van der Waals surface area (Å²) in [6.07, 6.45) is 0.725. The van der Waals surface area contributed by atoms with Gasteiger partial charge < -0.3 is 10.2 Å². The zero-order valence-corrected chi connectivity index (χ0v) is 10.7. The average Bonchev–Trinajstić information content (AvgIpc) is 2.38. The molecule has 1 aromatic carbocycles. The van der Waals surface area contributed by atoms with Crippen LogP contribution < -0.4 is 0 Å². The van der Waals surface area contributed by atoms with E-state index in [0.29, 0.717) is 0 Å². The number of carbonyl (C=O) groups excluding carboxylic acids is 2. The normalized spacial score (nSPS) is 19.6. The monoisotopic (exact) mass is 260 g/mol. The number of carbonyl (C=O) groups is 2. The predicted octanol–water partition coefficient (Wildman–Crippen LogP) is 2.63. The molecule has 0 aromatic heterocycles. The van der Waals surface area contributed by atoms with Gasteiger partial charge in [-0.15, -0.1) is 0 Å². The van der Waals surface area contributed by atoms with Gasteiger partial charge in [0, 0.05) is 19.3 Å². The number of allylic oxidation sites excluding steroid dienone is 2. The van der Waals surface area contributed by atoms with Crippen molar-refractivity contribution < 1.29 is 19.8 Å². The summed E-state index contributed by atoms with van der Waals surface area (Å²) in [6, 6.07) is 6.56. The van der Waals surface area contributed by atoms with Gasteiger partial charge in [-0.05, 0) is 23.6 Å². The van der Waals surface area contributed by atoms with Crippen molar-refractivity contribution in [2.24, 2.45) is 0 Å². The van der Waals surface area contributed by atoms with Crippen molar-refractivity contribution in [1.82, 2.24) is 0 Å². The van der Waals surface area contributed by atoms with Crippen LogP contribution in [0.3, 0.4) is 0 Å². The van der Waals surface area contributed by atoms with Crippen LogP contribution in [0.5, 0.6) is 5.75 Å². The number of benzene rings is 1. The quantitative estimate of drug-likeness (QED) is 0.819. The lowest BCUT2D eigenvalue weighted by atomic mass is 9.81. The lowest BCUT2D eigenvalue weighted by molar-refractivity contribution is -0.122. The summed E-state index contributed by atoms with van der Waals surface area (Å²) in [4.78, 5) is 23.6. The topological polar surface area (TPSA) is 74.6 Å². The first kappa shape index (κ1) is 13.3. The van der Waals surface area contributed by atoms with Gasteiger partial charge in [-0.2, -0.15) is 0 Å². The summed E-state index contributed by atoms with van der Waals surface area (Å²) in [6.45, 7) is 1.67. The number of rotatable bonds is 3. The van der Waals surface area contributed by atoms with Gasteiger partial charge in [-0.3, -0.25) is 9.59 Å². The highest BCUT2D eigenvalue weighted by molar-refractivity contribution is 6.21. The highest BCUT2D eigenvalue weighted by Gasteiger charge is 2.31. The van der Waals surface area contributed by atoms with E-state index >= 15 is 0 Å². The van der Waals surface area contributed by atoms with Crippen LogP contribution in [0, 0.1) is 0 Å². The number of aliphatic hydroxyl groups excluding tert-OH is 1. The zero-order valence-electron chi connectivity index (χ0n) is 10.7. The predicted molar refractivity (Wildman–Crippen MR) is 70.0 cm³/mol. The van der Waals surface area contributed by atoms with Crippen LogP contribution in [0.2, 0.25) is 0 Å². The van der Waals surface area contributed by atoms with Crippen molar-refractivity contribution in [2.45, 2.75) is 32.1 Å². The maximum atomic E-state index is 12.0. The Morgan fingerprint density at radius 3 is 2.37 bits per heavy atom. The molecule has 0 amide bonds. The number of aliphatic hydroxyl groups is 1. The van der Waals surface area contributed by atoms with Gasteiger partial charge in [0.2, 0.25) is 0 Å². The molecule has 19 heavy (non-hydrogen) atoms. The van der Waals surface area contributed by atoms with E-state index in [1.165, 1.54) is 0 Å². The number of Topliss-reactive ketones (excluding diaryl/α,β-unsaturated/α-hetero) is 2. The molecule has 0 heterocycles. The lowest BCUT2D eigenvalue weighted by Crippen LogP contribution is -2.23. The molecule has 0 aliphatic heterocycles. The van der Waals surface area contributed by atoms with E-state index in [2.05, 4.69) is 0 Å². The second kappa shape index (κ2) is 5.26. The fraction of sp³-hybridized carbons (Fsp3) is 0.333. The molecular weight excluding hydrogens is 244 g/mol. The number of aromatic hydroxyl groups is 1. The summed E-state index contributed by atoms with van der Waals surface area (Å²) in [7, 11) is 0. The van der Waals surface area contributed by atoms with E-state index in [1.807, 2.05) is 0 Å². The molecule has 1 unspecified atom stereocenters. The molecule has 1 atom stereocenters. The smallest absolute Gasteiger partial charge is 0.170 e. The number of phenols is 1. The molecule has 1 aliphatic carbocycles. The lowest BCUT2D eigenvalue weighted by Gasteiger charge is -2.23. The average molecular weight is 260 g/mol. The molecule has 2 N–H and O–H groups in total. The zero-order chi connectivity index (χ0) is 14.0. The van der Waals surface area contributed by atoms with Crippen molar-refractivity contribution in [3.63, 3.8) is 0 Å². The molecule has 2 rings (SSSR count). The SMILES string of the molecule is CCC(=O)C1=C(O)CC(c2ccc(O)cc2)CC1=O. The summed E-state index contributed by atoms with van der Waals surface area (Å²) in [5.41, 5.74) is 0.846. The third-order valence-corrected chi connectivity index (χ3v) is 3.40. The minimum atomic E-state index is -0.299. The molecule has 0 spiro atoms. The van der Waals surface area contributed by atoms with Gasteiger partial charge in [0.05, 0.1) is 5.57 Å². The maximum absolute atomic E-state index is 12.0. The summed E-state index contributed by atoms with van der Waals surface area (Å²) >= 11 is 0. The molecule has 4 nitrogen and oxygen atoms in total. The summed E-state index contributed by atoms with van der Waals surface area (Å²) in [5, 5.41) is 19.2. The van der Waals surface area contributed by atoms with Crippen molar-refractivity contribution in [1.29, 1.82) is 0 Å². The Morgan fingerprint density at radius 2 is 1.84 bits per heavy atom. The Hall–Kier alpha value is -2.10. The standard InChI is InChI=1S/C15H16O4/c1-2-12(17)15-13(18)7-10(8-14(15)19)9-3-5-11(16)6-4-9/h3-6,10,16,18H,2,7-8H2,1H3. The molecule has 1 aliphatic rings. The molecule has 0 bridgehead atoms. The summed E-state index contributed by atoms with van der Waals surface area (Å²) in [5.74, 6) is -0.685. The van der Waals surface area contributed by atoms with Crippen LogP contribution in [0.4, 0.5) is 0 Å². The minimum absolute atomic E-state index is 0.0301. The van der Waals surface area contributed by atoms with Crippen molar-refractivity contribution in [2.75, 3.05) is 0 Å². The van der Waals surface area contributed by atoms with E-state index in [0.717, 1.165) is 5.56 Å². The van der Waals surface area contributed by atoms with Crippen LogP contribution in [0.1, 0.15) is 37.7 Å². The molecule has 0 saturated carbocycles. The highest BCUT2D eigenvalue weighted by Crippen LogP contribution is 2.34. The number of ketones is 2. The fourth-order valence-corrected chi connectivity index (χ4v) is 2.37. The van der Waals surface area contributed by atoms with Gasteiger partial charge in [0.25, 0.3) is 0 Å². The third kappa shape index (κ3) is 2.67. The molecule has 0 fully saturated rings. The second-order valence-electron chi connectivity index (χ2n) is 4.72. The van der Waals surface area contributed by atoms with Crippen LogP contribution in [0.15, 0.2) is 35.6 Å². The number of phenolic OH excluding ortho intramolecular Hbond substituents is 1. The minimum Gasteiger partial charge on any atom is -0.511 e. The fourth-order valence-electron chi connectivity index (χ4n) is 2.37. The molecule has 4 heteroatoms. The summed E-state index contributed by atoms with van der Waals surface area (Å²) < 4.78 is 0. The van der Waals surface area contributed by atoms with E-state index in [-0.39, 0.29) is 53.8 Å². The van der Waals surface area contributed by atoms with Crippen LogP contribution in [0.25, 0.3) is 0 Å². The Bertz CT molecular complexity index is 540. The van der Waals surface area contributed by atoms with Crippen molar-refractivity contribution >= 4 is 11.6 Å². The Kier molecular flexibility index (Phi) is 3.69. The first-order chi connectivity index (χ1) is 9.02. The number of hydrogen-bond acceptors (Lipinski definition) is 4. The van der Waals surface area contributed by atoms with Crippen LogP contribution >= 0.6 is 0 Å². The molecule has 1 aromatic rings. The Morgan fingerprint density at radius 1 is 1.21 bits per heavy atom. The Balaban J connectivity index is 2.27. The van der Waals surface area contributed by atoms with E-state index in [1.54, 1.807) is 31.2 Å². The van der Waals surface area contributed by atoms with Gasteiger partial charge in [-0.1, -0.05) is 19.1 Å². The van der Waals surface area contributed by atoms with E-state index in [4.69, 9.17) is 0 Å². The first-order valence-corrected chi connectivity index (χ1v) is 6.30. The molecule has 100 valence electrons. The maximum Gasteiger partial charge on any atom is 0.170 e. The molecule has 0 saturated heterocycles. The largest absolute Gasteiger partial charge is 0.511 e. The van der Waals surface area contributed by atoms with Crippen LogP contribution in [-0.2, 0) is 9.59 Å². The van der Waals surface area contributed by atoms with Gasteiger partial charge in [-0.25, -0.2) is 0 Å². The van der Waals surface area contributed by atoms with Gasteiger partial charge in [0.15, 0.2) is 11.6 Å². The third-order valence-electron chi connectivity index (χ3n) is 3.40. The van der Waals surface area contributed by atoms with Crippen molar-refractivity contribution in [3.8, 4) is 5.75 Å². The Labute approximate surface area is 111 Å². The van der Waals surface area contributed by atoms with Crippen molar-refractivity contribution in [3.05, 3.63) is 41.2 Å². The highest BCUT2D eigenvalue weighted by atomic mass is 16.3. The van der Waals surface area contributed by atoms with E-state index < -0.39 is 0 Å². The molecular formula is C15H16O4. The van der Waals surface area contributed by atoms with Gasteiger partial charge in [0.1, 0.15) is 11.5 Å². The first-order valence-electron chi connectivity index (χ1n) is 6.30. The second-order valence-corrected chi connectivity index (χ2v) is 4.72.